The van der Waals surface area contributed by atoms with Gasteiger partial charge in [0, 0.05) is 36.8 Å². The predicted octanol–water partition coefficient (Wildman–Crippen LogP) is 2.93. The maximum atomic E-state index is 13.3. The molecule has 0 aromatic carbocycles. The number of esters is 1. The molecular weight excluding hydrogens is 405 g/mol. The third kappa shape index (κ3) is 4.17. The number of ether oxygens (including phenoxy) is 1. The van der Waals surface area contributed by atoms with Crippen LogP contribution in [0.15, 0.2) is 22.3 Å². The maximum absolute atomic E-state index is 13.3. The van der Waals surface area contributed by atoms with Crippen LogP contribution in [0.1, 0.15) is 25.3 Å². The van der Waals surface area contributed by atoms with Gasteiger partial charge in [0.15, 0.2) is 0 Å². The zero-order chi connectivity index (χ0) is 18.7. The van der Waals surface area contributed by atoms with Crippen LogP contribution in [0.5, 0.6) is 0 Å². The summed E-state index contributed by atoms with van der Waals surface area (Å²) in [7, 11) is 0. The third-order valence-corrected chi connectivity index (χ3v) is 5.18. The standard InChI is InChI=1S/C18H23BrFN3O3/c1-2-26-18(25)15-11-23(8-7-22-5-3-13(20)4-6-22)17-14(16(15)24)9-12(19)10-21-17/h9-10,13,24H,2-8,11H2,1H3. The Kier molecular flexibility index (Phi) is 6.13. The quantitative estimate of drug-likeness (QED) is 0.728. The molecule has 2 aliphatic heterocycles. The van der Waals surface area contributed by atoms with Crippen LogP contribution in [0.4, 0.5) is 10.2 Å². The molecule has 1 fully saturated rings. The Morgan fingerprint density at radius 2 is 2.15 bits per heavy atom. The largest absolute Gasteiger partial charge is 0.507 e. The molecule has 3 rings (SSSR count). The van der Waals surface area contributed by atoms with E-state index in [1.54, 1.807) is 19.2 Å². The number of aliphatic hydroxyl groups is 1. The van der Waals surface area contributed by atoms with Gasteiger partial charge >= 0.3 is 5.97 Å². The van der Waals surface area contributed by atoms with Crippen LogP contribution in [-0.4, -0.2) is 66.5 Å². The van der Waals surface area contributed by atoms with Gasteiger partial charge in [0.05, 0.1) is 24.3 Å². The van der Waals surface area contributed by atoms with E-state index in [-0.39, 0.29) is 24.5 Å². The molecule has 3 heterocycles. The molecule has 1 saturated heterocycles. The predicted molar refractivity (Wildman–Crippen MR) is 101 cm³/mol. The number of aromatic nitrogens is 1. The maximum Gasteiger partial charge on any atom is 0.339 e. The lowest BCUT2D eigenvalue weighted by Crippen LogP contribution is -2.42. The average Bonchev–Trinajstić information content (AvgIpc) is 2.63. The van der Waals surface area contributed by atoms with Crippen LogP contribution in [0.3, 0.4) is 0 Å². The van der Waals surface area contributed by atoms with Crippen LogP contribution in [-0.2, 0) is 9.53 Å². The average molecular weight is 428 g/mol. The lowest BCUT2D eigenvalue weighted by Gasteiger charge is -2.34. The monoisotopic (exact) mass is 427 g/mol. The van der Waals surface area contributed by atoms with E-state index in [0.29, 0.717) is 30.8 Å². The smallest absolute Gasteiger partial charge is 0.339 e. The Morgan fingerprint density at radius 3 is 2.85 bits per heavy atom. The summed E-state index contributed by atoms with van der Waals surface area (Å²) in [5, 5.41) is 10.5. The van der Waals surface area contributed by atoms with Crippen molar-refractivity contribution in [3.63, 3.8) is 0 Å². The highest BCUT2D eigenvalue weighted by Crippen LogP contribution is 2.33. The van der Waals surface area contributed by atoms with Crippen molar-refractivity contribution in [3.8, 4) is 0 Å². The molecule has 1 aromatic rings. The Hall–Kier alpha value is -1.67. The fraction of sp³-hybridized carbons (Fsp3) is 0.556. The van der Waals surface area contributed by atoms with Crippen LogP contribution < -0.4 is 4.90 Å². The summed E-state index contributed by atoms with van der Waals surface area (Å²) in [4.78, 5) is 20.8. The highest BCUT2D eigenvalue weighted by Gasteiger charge is 2.30. The first-order chi connectivity index (χ1) is 12.5. The van der Waals surface area contributed by atoms with Crippen molar-refractivity contribution in [2.24, 2.45) is 0 Å². The first kappa shape index (κ1) is 19.1. The van der Waals surface area contributed by atoms with Gasteiger partial charge < -0.3 is 19.6 Å². The molecule has 0 amide bonds. The second-order valence-electron chi connectivity index (χ2n) is 6.51. The van der Waals surface area contributed by atoms with Gasteiger partial charge in [-0.2, -0.15) is 0 Å². The molecule has 0 radical (unpaired) electrons. The fourth-order valence-corrected chi connectivity index (χ4v) is 3.64. The molecule has 6 nitrogen and oxygen atoms in total. The summed E-state index contributed by atoms with van der Waals surface area (Å²) in [5.74, 6) is 0.0414. The van der Waals surface area contributed by atoms with Gasteiger partial charge in [0.1, 0.15) is 17.7 Å². The number of halogens is 2. The zero-order valence-corrected chi connectivity index (χ0v) is 16.3. The summed E-state index contributed by atoms with van der Waals surface area (Å²) in [6.07, 6.45) is 2.10. The van der Waals surface area contributed by atoms with Gasteiger partial charge in [-0.05, 0) is 41.8 Å². The van der Waals surface area contributed by atoms with E-state index >= 15 is 0 Å². The summed E-state index contributed by atoms with van der Waals surface area (Å²) in [5.41, 5.74) is 0.748. The Balaban J connectivity index is 1.79. The first-order valence-corrected chi connectivity index (χ1v) is 9.65. The lowest BCUT2D eigenvalue weighted by atomic mass is 10.0. The first-order valence-electron chi connectivity index (χ1n) is 8.86. The summed E-state index contributed by atoms with van der Waals surface area (Å²) in [6, 6.07) is 1.75. The van der Waals surface area contributed by atoms with Crippen molar-refractivity contribution < 1.29 is 19.0 Å². The molecule has 0 atom stereocenters. The Labute approximate surface area is 160 Å². The van der Waals surface area contributed by atoms with Crippen molar-refractivity contribution in [1.29, 1.82) is 0 Å². The number of rotatable bonds is 5. The van der Waals surface area contributed by atoms with Crippen LogP contribution in [0.2, 0.25) is 0 Å². The van der Waals surface area contributed by atoms with Crippen LogP contribution in [0, 0.1) is 0 Å². The number of alkyl halides is 1. The molecule has 142 valence electrons. The zero-order valence-electron chi connectivity index (χ0n) is 14.8. The molecular formula is C18H23BrFN3O3. The van der Waals surface area contributed by atoms with E-state index in [2.05, 4.69) is 25.8 Å². The van der Waals surface area contributed by atoms with Crippen molar-refractivity contribution in [2.45, 2.75) is 25.9 Å². The summed E-state index contributed by atoms with van der Waals surface area (Å²) < 4.78 is 19.1. The number of carbonyl (C=O) groups is 1. The molecule has 1 N–H and O–H groups in total. The van der Waals surface area contributed by atoms with Gasteiger partial charge in [0.2, 0.25) is 0 Å². The van der Waals surface area contributed by atoms with Crippen molar-refractivity contribution in [1.82, 2.24) is 9.88 Å². The highest BCUT2D eigenvalue weighted by molar-refractivity contribution is 9.10. The van der Waals surface area contributed by atoms with E-state index in [1.165, 1.54) is 0 Å². The topological polar surface area (TPSA) is 65.9 Å². The normalized spacial score (nSPS) is 18.8. The molecule has 8 heteroatoms. The lowest BCUT2D eigenvalue weighted by molar-refractivity contribution is -0.138. The molecule has 0 spiro atoms. The second kappa shape index (κ2) is 8.35. The number of pyridine rings is 1. The minimum Gasteiger partial charge on any atom is -0.507 e. The number of piperidine rings is 1. The molecule has 2 aliphatic rings. The van der Waals surface area contributed by atoms with E-state index < -0.39 is 12.1 Å². The summed E-state index contributed by atoms with van der Waals surface area (Å²) in [6.45, 7) is 5.08. The van der Waals surface area contributed by atoms with Gasteiger partial charge in [0.25, 0.3) is 0 Å². The van der Waals surface area contributed by atoms with Crippen LogP contribution in [0.25, 0.3) is 5.76 Å². The molecule has 0 unspecified atom stereocenters. The van der Waals surface area contributed by atoms with Gasteiger partial charge in [-0.15, -0.1) is 0 Å². The van der Waals surface area contributed by atoms with E-state index in [1.807, 2.05) is 4.90 Å². The number of hydrogen-bond donors (Lipinski definition) is 1. The SMILES string of the molecule is CCOC(=O)C1=C(O)c2cc(Br)cnc2N(CCN2CCC(F)CC2)C1. The fourth-order valence-electron chi connectivity index (χ4n) is 3.31. The van der Waals surface area contributed by atoms with Gasteiger partial charge in [-0.3, -0.25) is 0 Å². The number of nitrogens with zero attached hydrogens (tertiary/aromatic N) is 3. The highest BCUT2D eigenvalue weighted by atomic mass is 79.9. The molecule has 0 bridgehead atoms. The van der Waals surface area contributed by atoms with Crippen LogP contribution >= 0.6 is 15.9 Å². The molecule has 26 heavy (non-hydrogen) atoms. The number of aliphatic hydroxyl groups excluding tert-OH is 1. The second-order valence-corrected chi connectivity index (χ2v) is 7.43. The number of anilines is 1. The van der Waals surface area contributed by atoms with E-state index in [0.717, 1.165) is 24.1 Å². The minimum atomic E-state index is -0.698. The van der Waals surface area contributed by atoms with Crippen molar-refractivity contribution >= 4 is 33.5 Å². The summed E-state index contributed by atoms with van der Waals surface area (Å²) >= 11 is 3.36. The van der Waals surface area contributed by atoms with Gasteiger partial charge in [-0.25, -0.2) is 14.2 Å². The molecule has 1 aromatic heterocycles. The Morgan fingerprint density at radius 1 is 1.42 bits per heavy atom. The van der Waals surface area contributed by atoms with Crippen molar-refractivity contribution in [3.05, 3.63) is 27.9 Å². The van der Waals surface area contributed by atoms with E-state index in [4.69, 9.17) is 4.74 Å². The number of likely N-dealkylation sites (tertiary alicyclic amines) is 1. The van der Waals surface area contributed by atoms with Gasteiger partial charge in [-0.1, -0.05) is 0 Å². The van der Waals surface area contributed by atoms with E-state index in [9.17, 15) is 14.3 Å². The molecule has 0 aliphatic carbocycles. The number of fused-ring (bicyclic) bond motifs is 1. The minimum absolute atomic E-state index is 0.0817. The molecule has 0 saturated carbocycles. The third-order valence-electron chi connectivity index (χ3n) is 4.75. The number of carbonyl (C=O) groups excluding carboxylic acids is 1. The number of hydrogen-bond acceptors (Lipinski definition) is 6. The Bertz CT molecular complexity index is 705. The van der Waals surface area contributed by atoms with Crippen molar-refractivity contribution in [2.75, 3.05) is 44.2 Å².